The second kappa shape index (κ2) is 10.4. The number of thioether (sulfide) groups is 1. The molecule has 1 heterocycles. The molecule has 0 N–H and O–H groups in total. The van der Waals surface area contributed by atoms with Gasteiger partial charge in [-0.25, -0.2) is 0 Å². The predicted molar refractivity (Wildman–Crippen MR) is 144 cm³/mol. The van der Waals surface area contributed by atoms with E-state index < -0.39 is 8.32 Å². The Kier molecular flexibility index (Phi) is 7.60. The van der Waals surface area contributed by atoms with Crippen LogP contribution in [0.5, 0.6) is 0 Å². The van der Waals surface area contributed by atoms with E-state index in [9.17, 15) is 0 Å². The van der Waals surface area contributed by atoms with E-state index in [4.69, 9.17) is 9.16 Å². The van der Waals surface area contributed by atoms with Crippen molar-refractivity contribution in [3.63, 3.8) is 0 Å². The maximum atomic E-state index is 7.18. The summed E-state index contributed by atoms with van der Waals surface area (Å²) in [4.78, 5) is 0. The normalized spacial score (nSPS) is 19.1. The molecule has 3 aromatic rings. The first-order chi connectivity index (χ1) is 15.9. The summed E-state index contributed by atoms with van der Waals surface area (Å²) in [6.45, 7) is 12.5. The zero-order valence-electron chi connectivity index (χ0n) is 19.9. The van der Waals surface area contributed by atoms with Crippen molar-refractivity contribution in [2.45, 2.75) is 43.8 Å². The topological polar surface area (TPSA) is 18.5 Å². The number of benzene rings is 3. The molecule has 0 bridgehead atoms. The van der Waals surface area contributed by atoms with Gasteiger partial charge in [-0.1, -0.05) is 118 Å². The lowest BCUT2D eigenvalue weighted by Crippen LogP contribution is -2.67. The summed E-state index contributed by atoms with van der Waals surface area (Å²) >= 11 is 1.91. The minimum absolute atomic E-state index is 0.00780. The van der Waals surface area contributed by atoms with Crippen LogP contribution in [-0.2, 0) is 15.8 Å². The van der Waals surface area contributed by atoms with E-state index in [1.54, 1.807) is 0 Å². The Morgan fingerprint density at radius 2 is 1.36 bits per heavy atom. The quantitative estimate of drug-likeness (QED) is 0.303. The fourth-order valence-corrected chi connectivity index (χ4v) is 10.6. The molecule has 0 amide bonds. The molecule has 33 heavy (non-hydrogen) atoms. The molecule has 1 aliphatic rings. The largest absolute Gasteiger partial charge is 0.406 e. The molecule has 0 spiro atoms. The summed E-state index contributed by atoms with van der Waals surface area (Å²) in [7, 11) is -2.55. The van der Waals surface area contributed by atoms with E-state index in [1.165, 1.54) is 15.9 Å². The molecule has 4 heteroatoms. The molecule has 0 aliphatic carbocycles. The Balaban J connectivity index is 1.61. The van der Waals surface area contributed by atoms with Crippen molar-refractivity contribution in [1.82, 2.24) is 0 Å². The van der Waals surface area contributed by atoms with Crippen molar-refractivity contribution in [3.05, 3.63) is 109 Å². The van der Waals surface area contributed by atoms with E-state index in [1.807, 2.05) is 17.8 Å². The summed E-state index contributed by atoms with van der Waals surface area (Å²) in [6, 6.07) is 32.0. The highest BCUT2D eigenvalue weighted by Crippen LogP contribution is 2.39. The lowest BCUT2D eigenvalue weighted by Gasteiger charge is -2.43. The highest BCUT2D eigenvalue weighted by molar-refractivity contribution is 8.00. The fourth-order valence-electron chi connectivity index (χ4n) is 4.74. The van der Waals surface area contributed by atoms with Gasteiger partial charge in [0, 0.05) is 12.4 Å². The molecule has 2 nitrogen and oxygen atoms in total. The van der Waals surface area contributed by atoms with Crippen LogP contribution in [0.1, 0.15) is 26.3 Å². The van der Waals surface area contributed by atoms with Crippen LogP contribution in [0.15, 0.2) is 103 Å². The number of hydrogen-bond donors (Lipinski definition) is 0. The number of hydrogen-bond acceptors (Lipinski definition) is 3. The fraction of sp³-hybridized carbons (Fsp3) is 0.310. The molecule has 4 rings (SSSR count). The third kappa shape index (κ3) is 5.20. The van der Waals surface area contributed by atoms with Crippen LogP contribution >= 0.6 is 11.8 Å². The lowest BCUT2D eigenvalue weighted by atomic mass is 10.1. The molecule has 0 saturated carbocycles. The van der Waals surface area contributed by atoms with Gasteiger partial charge in [0.05, 0.1) is 18.0 Å². The highest BCUT2D eigenvalue weighted by Gasteiger charge is 2.51. The molecular weight excluding hydrogens is 440 g/mol. The molecule has 0 aromatic heterocycles. The van der Waals surface area contributed by atoms with Crippen molar-refractivity contribution in [1.29, 1.82) is 0 Å². The van der Waals surface area contributed by atoms with Gasteiger partial charge in [0.2, 0.25) is 0 Å². The first-order valence-electron chi connectivity index (χ1n) is 11.6. The zero-order valence-corrected chi connectivity index (χ0v) is 21.7. The highest BCUT2D eigenvalue weighted by atomic mass is 32.2. The minimum atomic E-state index is -2.55. The van der Waals surface area contributed by atoms with Crippen LogP contribution in [-0.4, -0.2) is 32.0 Å². The molecule has 1 saturated heterocycles. The van der Waals surface area contributed by atoms with Gasteiger partial charge >= 0.3 is 0 Å². The summed E-state index contributed by atoms with van der Waals surface area (Å²) < 4.78 is 13.6. The van der Waals surface area contributed by atoms with Crippen molar-refractivity contribution in [2.24, 2.45) is 0 Å². The molecular formula is C29H34O2SSi. The van der Waals surface area contributed by atoms with Crippen molar-refractivity contribution < 1.29 is 9.16 Å². The third-order valence-corrected chi connectivity index (χ3v) is 12.7. The third-order valence-electron chi connectivity index (χ3n) is 6.38. The van der Waals surface area contributed by atoms with Crippen molar-refractivity contribution >= 4 is 30.5 Å². The SMILES string of the molecule is C=C1CS[C@H](CO[Si](c2ccccc2)(c2ccccc2)C(C)(C)C)[C@H]1OCc1ccccc1. The molecule has 172 valence electrons. The van der Waals surface area contributed by atoms with Gasteiger partial charge in [-0.2, -0.15) is 0 Å². The maximum Gasteiger partial charge on any atom is 0.261 e. The Hall–Kier alpha value is -2.11. The van der Waals surface area contributed by atoms with Gasteiger partial charge in [-0.05, 0) is 26.5 Å². The van der Waals surface area contributed by atoms with E-state index in [2.05, 4.69) is 112 Å². The van der Waals surface area contributed by atoms with E-state index >= 15 is 0 Å². The van der Waals surface area contributed by atoms with Crippen LogP contribution in [0.3, 0.4) is 0 Å². The Bertz CT molecular complexity index is 992. The Morgan fingerprint density at radius 1 is 0.848 bits per heavy atom. The van der Waals surface area contributed by atoms with E-state index in [0.29, 0.717) is 13.2 Å². The molecule has 0 unspecified atom stereocenters. The van der Waals surface area contributed by atoms with Crippen LogP contribution in [0, 0.1) is 0 Å². The van der Waals surface area contributed by atoms with Gasteiger partial charge in [-0.15, -0.1) is 11.8 Å². The van der Waals surface area contributed by atoms with Crippen LogP contribution in [0.25, 0.3) is 0 Å². The van der Waals surface area contributed by atoms with Crippen molar-refractivity contribution in [3.8, 4) is 0 Å². The van der Waals surface area contributed by atoms with Crippen molar-refractivity contribution in [2.75, 3.05) is 12.4 Å². The summed E-state index contributed by atoms with van der Waals surface area (Å²) in [6.07, 6.45) is 0.00780. The average Bonchev–Trinajstić information content (AvgIpc) is 3.18. The van der Waals surface area contributed by atoms with Crippen LogP contribution in [0.4, 0.5) is 0 Å². The first-order valence-corrected chi connectivity index (χ1v) is 14.6. The van der Waals surface area contributed by atoms with Crippen LogP contribution < -0.4 is 10.4 Å². The van der Waals surface area contributed by atoms with Gasteiger partial charge in [0.1, 0.15) is 0 Å². The lowest BCUT2D eigenvalue weighted by molar-refractivity contribution is 0.0571. The van der Waals surface area contributed by atoms with Gasteiger partial charge < -0.3 is 9.16 Å². The van der Waals surface area contributed by atoms with Gasteiger partial charge in [0.25, 0.3) is 8.32 Å². The van der Waals surface area contributed by atoms with E-state index in [0.717, 1.165) is 11.3 Å². The predicted octanol–water partition coefficient (Wildman–Crippen LogP) is 5.82. The molecule has 0 radical (unpaired) electrons. The second-order valence-corrected chi connectivity index (χ2v) is 15.2. The Labute approximate surface area is 204 Å². The number of rotatable bonds is 8. The molecule has 1 fully saturated rings. The summed E-state index contributed by atoms with van der Waals surface area (Å²) in [5.41, 5.74) is 2.35. The molecule has 2 atom stereocenters. The van der Waals surface area contributed by atoms with E-state index in [-0.39, 0.29) is 16.4 Å². The monoisotopic (exact) mass is 474 g/mol. The van der Waals surface area contributed by atoms with Gasteiger partial charge in [0.15, 0.2) is 0 Å². The maximum absolute atomic E-state index is 7.18. The molecule has 1 aliphatic heterocycles. The minimum Gasteiger partial charge on any atom is -0.406 e. The summed E-state index contributed by atoms with van der Waals surface area (Å²) in [5, 5.41) is 2.83. The molecule has 3 aromatic carbocycles. The Morgan fingerprint density at radius 3 is 1.88 bits per heavy atom. The smallest absolute Gasteiger partial charge is 0.261 e. The van der Waals surface area contributed by atoms with Crippen LogP contribution in [0.2, 0.25) is 5.04 Å². The first kappa shape index (κ1) is 24.0. The second-order valence-electron chi connectivity index (χ2n) is 9.70. The standard InChI is InChI=1S/C29H34O2SSi/c1-23-22-32-27(28(23)30-20-24-14-8-5-9-15-24)21-31-33(29(2,3)4,25-16-10-6-11-17-25)26-18-12-7-13-19-26/h5-19,27-28H,1,20-22H2,2-4H3/t27-,28+/m1/s1. The number of ether oxygens (including phenoxy) is 1. The average molecular weight is 475 g/mol. The van der Waals surface area contributed by atoms with Gasteiger partial charge in [-0.3, -0.25) is 0 Å². The zero-order chi connectivity index (χ0) is 23.3. The summed E-state index contributed by atoms with van der Waals surface area (Å²) in [5.74, 6) is 0.925.